The molecule has 3 nitrogen and oxygen atoms in total. The molecule has 1 heterocycles. The van der Waals surface area contributed by atoms with Crippen LogP contribution in [0, 0.1) is 20.8 Å². The van der Waals surface area contributed by atoms with E-state index >= 15 is 0 Å². The van der Waals surface area contributed by atoms with E-state index in [-0.39, 0.29) is 0 Å². The van der Waals surface area contributed by atoms with Gasteiger partial charge in [-0.2, -0.15) is 0 Å². The summed E-state index contributed by atoms with van der Waals surface area (Å²) in [6, 6.07) is 8.34. The summed E-state index contributed by atoms with van der Waals surface area (Å²) in [5, 5.41) is 3.38. The standard InChI is InChI=1S/C18H24N2O/c1-5-8-19-11-16-10-15(4)18(20-12-16)21-17-9-13(2)6-7-14(17)3/h6-7,9-10,12,19H,5,8,11H2,1-4H3. The van der Waals surface area contributed by atoms with Crippen LogP contribution >= 0.6 is 0 Å². The Morgan fingerprint density at radius 2 is 1.90 bits per heavy atom. The molecule has 0 atom stereocenters. The topological polar surface area (TPSA) is 34.2 Å². The molecule has 0 spiro atoms. The molecule has 0 fully saturated rings. The molecule has 0 saturated carbocycles. The van der Waals surface area contributed by atoms with Gasteiger partial charge in [0, 0.05) is 18.3 Å². The van der Waals surface area contributed by atoms with E-state index in [2.05, 4.69) is 42.3 Å². The van der Waals surface area contributed by atoms with Crippen molar-refractivity contribution in [1.82, 2.24) is 10.3 Å². The molecule has 0 radical (unpaired) electrons. The lowest BCUT2D eigenvalue weighted by Gasteiger charge is -2.12. The molecule has 0 aliphatic carbocycles. The summed E-state index contributed by atoms with van der Waals surface area (Å²) in [5.74, 6) is 1.56. The lowest BCUT2D eigenvalue weighted by atomic mass is 10.1. The molecular formula is C18H24N2O. The number of aromatic nitrogens is 1. The van der Waals surface area contributed by atoms with Crippen LogP contribution in [0.5, 0.6) is 11.6 Å². The minimum atomic E-state index is 0.683. The van der Waals surface area contributed by atoms with Crippen LogP contribution in [0.2, 0.25) is 0 Å². The van der Waals surface area contributed by atoms with Gasteiger partial charge in [0.1, 0.15) is 5.75 Å². The van der Waals surface area contributed by atoms with Gasteiger partial charge in [0.2, 0.25) is 5.88 Å². The summed E-state index contributed by atoms with van der Waals surface area (Å²) in [6.45, 7) is 10.2. The fourth-order valence-corrected chi connectivity index (χ4v) is 2.15. The predicted octanol–water partition coefficient (Wildman–Crippen LogP) is 4.30. The van der Waals surface area contributed by atoms with Crippen molar-refractivity contribution in [1.29, 1.82) is 0 Å². The van der Waals surface area contributed by atoms with Gasteiger partial charge in [0.05, 0.1) is 0 Å². The number of aryl methyl sites for hydroxylation is 3. The molecule has 0 saturated heterocycles. The molecule has 21 heavy (non-hydrogen) atoms. The highest BCUT2D eigenvalue weighted by Crippen LogP contribution is 2.27. The second-order valence-electron chi connectivity index (χ2n) is 5.51. The van der Waals surface area contributed by atoms with Crippen molar-refractivity contribution in [2.75, 3.05) is 6.54 Å². The maximum Gasteiger partial charge on any atom is 0.222 e. The van der Waals surface area contributed by atoms with Crippen LogP contribution in [0.4, 0.5) is 0 Å². The van der Waals surface area contributed by atoms with E-state index in [0.29, 0.717) is 5.88 Å². The van der Waals surface area contributed by atoms with Crippen LogP contribution in [0.1, 0.15) is 35.6 Å². The minimum absolute atomic E-state index is 0.683. The molecule has 1 aromatic heterocycles. The Balaban J connectivity index is 2.12. The Morgan fingerprint density at radius 1 is 1.10 bits per heavy atom. The minimum Gasteiger partial charge on any atom is -0.438 e. The number of nitrogens with zero attached hydrogens (tertiary/aromatic N) is 1. The van der Waals surface area contributed by atoms with Gasteiger partial charge in [0.25, 0.3) is 0 Å². The molecule has 0 amide bonds. The van der Waals surface area contributed by atoms with Gasteiger partial charge < -0.3 is 10.1 Å². The maximum absolute atomic E-state index is 5.97. The van der Waals surface area contributed by atoms with Crippen LogP contribution < -0.4 is 10.1 Å². The fraction of sp³-hybridized carbons (Fsp3) is 0.389. The molecule has 0 unspecified atom stereocenters. The Labute approximate surface area is 127 Å². The predicted molar refractivity (Wildman–Crippen MR) is 87.0 cm³/mol. The van der Waals surface area contributed by atoms with Gasteiger partial charge in [-0.1, -0.05) is 19.1 Å². The molecule has 0 bridgehead atoms. The van der Waals surface area contributed by atoms with Crippen molar-refractivity contribution in [3.8, 4) is 11.6 Å². The van der Waals surface area contributed by atoms with Crippen LogP contribution in [0.25, 0.3) is 0 Å². The molecule has 0 aliphatic heterocycles. The molecule has 2 rings (SSSR count). The second kappa shape index (κ2) is 7.23. The maximum atomic E-state index is 5.97. The van der Waals surface area contributed by atoms with Crippen LogP contribution in [-0.4, -0.2) is 11.5 Å². The number of hydrogen-bond acceptors (Lipinski definition) is 3. The number of benzene rings is 1. The number of pyridine rings is 1. The summed E-state index contributed by atoms with van der Waals surface area (Å²) < 4.78 is 5.97. The number of rotatable bonds is 6. The lowest BCUT2D eigenvalue weighted by Crippen LogP contribution is -2.14. The van der Waals surface area contributed by atoms with Gasteiger partial charge in [-0.05, 0) is 62.6 Å². The third kappa shape index (κ3) is 4.30. The van der Waals surface area contributed by atoms with E-state index < -0.39 is 0 Å². The first-order chi connectivity index (χ1) is 10.1. The van der Waals surface area contributed by atoms with Crippen molar-refractivity contribution in [3.63, 3.8) is 0 Å². The van der Waals surface area contributed by atoms with E-state index in [4.69, 9.17) is 4.74 Å². The van der Waals surface area contributed by atoms with Gasteiger partial charge in [-0.25, -0.2) is 4.98 Å². The molecule has 2 aromatic rings. The summed E-state index contributed by atoms with van der Waals surface area (Å²) in [4.78, 5) is 4.46. The van der Waals surface area contributed by atoms with E-state index in [1.165, 1.54) is 11.1 Å². The monoisotopic (exact) mass is 284 g/mol. The highest BCUT2D eigenvalue weighted by atomic mass is 16.5. The molecule has 3 heteroatoms. The zero-order valence-corrected chi connectivity index (χ0v) is 13.4. The first-order valence-electron chi connectivity index (χ1n) is 7.51. The zero-order chi connectivity index (χ0) is 15.2. The van der Waals surface area contributed by atoms with Crippen molar-refractivity contribution in [2.24, 2.45) is 0 Å². The first kappa shape index (κ1) is 15.5. The average Bonchev–Trinajstić information content (AvgIpc) is 2.46. The normalized spacial score (nSPS) is 10.7. The number of nitrogens with one attached hydrogen (secondary N) is 1. The largest absolute Gasteiger partial charge is 0.438 e. The lowest BCUT2D eigenvalue weighted by molar-refractivity contribution is 0.454. The average molecular weight is 284 g/mol. The Bertz CT molecular complexity index is 608. The van der Waals surface area contributed by atoms with Crippen LogP contribution in [-0.2, 0) is 6.54 Å². The Hall–Kier alpha value is -1.87. The summed E-state index contributed by atoms with van der Waals surface area (Å²) in [7, 11) is 0. The molecule has 1 aromatic carbocycles. The number of hydrogen-bond donors (Lipinski definition) is 1. The van der Waals surface area contributed by atoms with E-state index in [9.17, 15) is 0 Å². The zero-order valence-electron chi connectivity index (χ0n) is 13.4. The van der Waals surface area contributed by atoms with Crippen LogP contribution in [0.3, 0.4) is 0 Å². The summed E-state index contributed by atoms with van der Waals surface area (Å²) in [5.41, 5.74) is 4.56. The molecule has 1 N–H and O–H groups in total. The molecule has 0 aliphatic rings. The fourth-order valence-electron chi connectivity index (χ4n) is 2.15. The van der Waals surface area contributed by atoms with Crippen molar-refractivity contribution < 1.29 is 4.74 Å². The van der Waals surface area contributed by atoms with Crippen molar-refractivity contribution in [2.45, 2.75) is 40.7 Å². The number of ether oxygens (including phenoxy) is 1. The first-order valence-corrected chi connectivity index (χ1v) is 7.51. The highest BCUT2D eigenvalue weighted by molar-refractivity contribution is 5.40. The van der Waals surface area contributed by atoms with Gasteiger partial charge in [-0.3, -0.25) is 0 Å². The quantitative estimate of drug-likeness (QED) is 0.803. The SMILES string of the molecule is CCCNCc1cnc(Oc2cc(C)ccc2C)c(C)c1. The highest BCUT2D eigenvalue weighted by Gasteiger charge is 2.07. The Morgan fingerprint density at radius 3 is 2.62 bits per heavy atom. The van der Waals surface area contributed by atoms with E-state index in [1.54, 1.807) is 0 Å². The van der Waals surface area contributed by atoms with E-state index in [0.717, 1.165) is 36.4 Å². The summed E-state index contributed by atoms with van der Waals surface area (Å²) in [6.07, 6.45) is 3.02. The van der Waals surface area contributed by atoms with Crippen molar-refractivity contribution >= 4 is 0 Å². The van der Waals surface area contributed by atoms with Crippen LogP contribution in [0.15, 0.2) is 30.5 Å². The van der Waals surface area contributed by atoms with Gasteiger partial charge in [-0.15, -0.1) is 0 Å². The van der Waals surface area contributed by atoms with Gasteiger partial charge in [0.15, 0.2) is 0 Å². The van der Waals surface area contributed by atoms with E-state index in [1.807, 2.05) is 26.1 Å². The molecular weight excluding hydrogens is 260 g/mol. The molecule has 112 valence electrons. The van der Waals surface area contributed by atoms with Gasteiger partial charge >= 0.3 is 0 Å². The third-order valence-corrected chi connectivity index (χ3v) is 3.39. The van der Waals surface area contributed by atoms with Crippen molar-refractivity contribution in [3.05, 3.63) is 52.7 Å². The second-order valence-corrected chi connectivity index (χ2v) is 5.51. The third-order valence-electron chi connectivity index (χ3n) is 3.39. The smallest absolute Gasteiger partial charge is 0.222 e. The summed E-state index contributed by atoms with van der Waals surface area (Å²) >= 11 is 0. The Kier molecular flexibility index (Phi) is 5.34.